The predicted molar refractivity (Wildman–Crippen MR) is 101 cm³/mol. The Morgan fingerprint density at radius 2 is 1.80 bits per heavy atom. The molecule has 0 spiro atoms. The summed E-state index contributed by atoms with van der Waals surface area (Å²) in [6.07, 6.45) is 6.96. The SMILES string of the molecule is CC(C)=CCn1cc(C(=O)C=Cc2ccccc2F)c2ccccc21. The van der Waals surface area contributed by atoms with Crippen LogP contribution in [0.5, 0.6) is 0 Å². The molecule has 0 bridgehead atoms. The molecular formula is C22H20FNO. The number of rotatable bonds is 5. The van der Waals surface area contributed by atoms with E-state index in [1.165, 1.54) is 23.8 Å². The third-order valence-electron chi connectivity index (χ3n) is 4.07. The number of benzene rings is 2. The van der Waals surface area contributed by atoms with Crippen LogP contribution < -0.4 is 0 Å². The fourth-order valence-corrected chi connectivity index (χ4v) is 2.74. The Morgan fingerprint density at radius 3 is 2.56 bits per heavy atom. The minimum Gasteiger partial charge on any atom is -0.343 e. The quantitative estimate of drug-likeness (QED) is 0.336. The van der Waals surface area contributed by atoms with Crippen LogP contribution in [0, 0.1) is 5.82 Å². The van der Waals surface area contributed by atoms with Gasteiger partial charge < -0.3 is 4.57 Å². The van der Waals surface area contributed by atoms with Gasteiger partial charge in [-0.05, 0) is 38.1 Å². The van der Waals surface area contributed by atoms with E-state index in [0.717, 1.165) is 10.9 Å². The summed E-state index contributed by atoms with van der Waals surface area (Å²) in [4.78, 5) is 12.7. The standard InChI is InChI=1S/C22H20FNO/c1-16(2)13-14-24-15-19(18-8-4-6-10-21(18)24)22(25)12-11-17-7-3-5-9-20(17)23/h3-13,15H,14H2,1-2H3. The van der Waals surface area contributed by atoms with Gasteiger partial charge in [0.15, 0.2) is 5.78 Å². The predicted octanol–water partition coefficient (Wildman–Crippen LogP) is 5.64. The second-order valence-corrected chi connectivity index (χ2v) is 6.21. The molecule has 0 amide bonds. The van der Waals surface area contributed by atoms with Crippen LogP contribution in [-0.2, 0) is 6.54 Å². The van der Waals surface area contributed by atoms with Crippen molar-refractivity contribution < 1.29 is 9.18 Å². The first kappa shape index (κ1) is 16.9. The van der Waals surface area contributed by atoms with Crippen molar-refractivity contribution in [3.8, 4) is 0 Å². The summed E-state index contributed by atoms with van der Waals surface area (Å²) in [5.41, 5.74) is 3.28. The molecule has 0 saturated carbocycles. The number of ketones is 1. The van der Waals surface area contributed by atoms with Crippen molar-refractivity contribution in [3.05, 3.63) is 89.4 Å². The fourth-order valence-electron chi connectivity index (χ4n) is 2.74. The van der Waals surface area contributed by atoms with Gasteiger partial charge in [-0.3, -0.25) is 4.79 Å². The lowest BCUT2D eigenvalue weighted by Crippen LogP contribution is -1.95. The summed E-state index contributed by atoms with van der Waals surface area (Å²) in [6.45, 7) is 4.82. The Balaban J connectivity index is 1.96. The molecule has 25 heavy (non-hydrogen) atoms. The van der Waals surface area contributed by atoms with Crippen molar-refractivity contribution in [2.75, 3.05) is 0 Å². The summed E-state index contributed by atoms with van der Waals surface area (Å²) in [5.74, 6) is -0.465. The largest absolute Gasteiger partial charge is 0.343 e. The van der Waals surface area contributed by atoms with Crippen molar-refractivity contribution in [1.29, 1.82) is 0 Å². The highest BCUT2D eigenvalue weighted by Gasteiger charge is 2.12. The Labute approximate surface area is 146 Å². The minimum absolute atomic E-state index is 0.129. The molecule has 2 nitrogen and oxygen atoms in total. The number of carbonyl (C=O) groups is 1. The average molecular weight is 333 g/mol. The number of hydrogen-bond donors (Lipinski definition) is 0. The number of allylic oxidation sites excluding steroid dienone is 3. The zero-order valence-electron chi connectivity index (χ0n) is 14.4. The first-order chi connectivity index (χ1) is 12.1. The molecule has 0 fully saturated rings. The number of fused-ring (bicyclic) bond motifs is 1. The van der Waals surface area contributed by atoms with Gasteiger partial charge in [0.1, 0.15) is 5.82 Å². The van der Waals surface area contributed by atoms with E-state index < -0.39 is 0 Å². The normalized spacial score (nSPS) is 11.2. The van der Waals surface area contributed by atoms with Gasteiger partial charge in [-0.1, -0.05) is 48.0 Å². The zero-order chi connectivity index (χ0) is 17.8. The van der Waals surface area contributed by atoms with E-state index in [4.69, 9.17) is 0 Å². The molecule has 0 aliphatic carbocycles. The molecule has 1 aromatic heterocycles. The highest BCUT2D eigenvalue weighted by molar-refractivity contribution is 6.14. The Bertz CT molecular complexity index is 975. The van der Waals surface area contributed by atoms with E-state index in [0.29, 0.717) is 17.7 Å². The lowest BCUT2D eigenvalue weighted by molar-refractivity contribution is 0.104. The molecule has 126 valence electrons. The summed E-state index contributed by atoms with van der Waals surface area (Å²) < 4.78 is 15.8. The Morgan fingerprint density at radius 1 is 1.08 bits per heavy atom. The average Bonchev–Trinajstić information content (AvgIpc) is 2.98. The van der Waals surface area contributed by atoms with E-state index in [1.807, 2.05) is 30.5 Å². The molecule has 3 heteroatoms. The van der Waals surface area contributed by atoms with Crippen LogP contribution in [0.4, 0.5) is 4.39 Å². The van der Waals surface area contributed by atoms with Crippen LogP contribution in [0.2, 0.25) is 0 Å². The van der Waals surface area contributed by atoms with Crippen LogP contribution in [-0.4, -0.2) is 10.4 Å². The molecule has 0 atom stereocenters. The molecule has 3 aromatic rings. The first-order valence-corrected chi connectivity index (χ1v) is 8.24. The van der Waals surface area contributed by atoms with Crippen LogP contribution in [0.25, 0.3) is 17.0 Å². The van der Waals surface area contributed by atoms with Gasteiger partial charge in [-0.15, -0.1) is 0 Å². The summed E-state index contributed by atoms with van der Waals surface area (Å²) in [6, 6.07) is 14.2. The summed E-state index contributed by atoms with van der Waals surface area (Å²) in [5, 5.41) is 0.910. The molecule has 0 aliphatic rings. The monoisotopic (exact) mass is 333 g/mol. The van der Waals surface area contributed by atoms with Crippen LogP contribution in [0.1, 0.15) is 29.8 Å². The number of aromatic nitrogens is 1. The van der Waals surface area contributed by atoms with Gasteiger partial charge >= 0.3 is 0 Å². The zero-order valence-corrected chi connectivity index (χ0v) is 14.4. The van der Waals surface area contributed by atoms with Crippen LogP contribution >= 0.6 is 0 Å². The molecule has 3 rings (SSSR count). The second kappa shape index (κ2) is 7.31. The van der Waals surface area contributed by atoms with E-state index in [1.54, 1.807) is 18.2 Å². The Hall–Kier alpha value is -2.94. The number of hydrogen-bond acceptors (Lipinski definition) is 1. The van der Waals surface area contributed by atoms with Gasteiger partial charge in [-0.25, -0.2) is 4.39 Å². The van der Waals surface area contributed by atoms with Gasteiger partial charge in [0.05, 0.1) is 0 Å². The topological polar surface area (TPSA) is 22.0 Å². The van der Waals surface area contributed by atoms with Crippen LogP contribution in [0.15, 0.2) is 72.5 Å². The lowest BCUT2D eigenvalue weighted by atomic mass is 10.1. The van der Waals surface area contributed by atoms with Crippen LogP contribution in [0.3, 0.4) is 0 Å². The molecule has 0 saturated heterocycles. The first-order valence-electron chi connectivity index (χ1n) is 8.24. The van der Waals surface area contributed by atoms with Gasteiger partial charge in [-0.2, -0.15) is 0 Å². The van der Waals surface area contributed by atoms with Crippen molar-refractivity contribution >= 4 is 22.8 Å². The maximum Gasteiger partial charge on any atom is 0.188 e. The van der Waals surface area contributed by atoms with E-state index in [9.17, 15) is 9.18 Å². The smallest absolute Gasteiger partial charge is 0.188 e. The molecule has 0 radical (unpaired) electrons. The van der Waals surface area contributed by atoms with Gasteiger partial charge in [0.25, 0.3) is 0 Å². The molecule has 0 N–H and O–H groups in total. The second-order valence-electron chi connectivity index (χ2n) is 6.21. The maximum absolute atomic E-state index is 13.7. The highest BCUT2D eigenvalue weighted by atomic mass is 19.1. The minimum atomic E-state index is -0.336. The van der Waals surface area contributed by atoms with Crippen molar-refractivity contribution in [2.24, 2.45) is 0 Å². The Kier molecular flexibility index (Phi) is 4.94. The molecule has 2 aromatic carbocycles. The number of carbonyl (C=O) groups excluding carboxylic acids is 1. The fraction of sp³-hybridized carbons (Fsp3) is 0.136. The van der Waals surface area contributed by atoms with Gasteiger partial charge in [0.2, 0.25) is 0 Å². The van der Waals surface area contributed by atoms with Gasteiger partial charge in [0, 0.05) is 34.8 Å². The van der Waals surface area contributed by atoms with E-state index in [2.05, 4.69) is 24.5 Å². The third-order valence-corrected chi connectivity index (χ3v) is 4.07. The summed E-state index contributed by atoms with van der Waals surface area (Å²) >= 11 is 0. The number of para-hydroxylation sites is 1. The van der Waals surface area contributed by atoms with E-state index >= 15 is 0 Å². The lowest BCUT2D eigenvalue weighted by Gasteiger charge is -2.01. The van der Waals surface area contributed by atoms with Crippen molar-refractivity contribution in [2.45, 2.75) is 20.4 Å². The van der Waals surface area contributed by atoms with Crippen molar-refractivity contribution in [1.82, 2.24) is 4.57 Å². The van der Waals surface area contributed by atoms with E-state index in [-0.39, 0.29) is 11.6 Å². The molecular weight excluding hydrogens is 313 g/mol. The third kappa shape index (κ3) is 3.77. The highest BCUT2D eigenvalue weighted by Crippen LogP contribution is 2.23. The maximum atomic E-state index is 13.7. The molecule has 0 unspecified atom stereocenters. The summed E-state index contributed by atoms with van der Waals surface area (Å²) in [7, 11) is 0. The molecule has 1 heterocycles. The number of halogens is 1. The number of nitrogens with zero attached hydrogens (tertiary/aromatic N) is 1. The molecule has 0 aliphatic heterocycles. The van der Waals surface area contributed by atoms with Crippen molar-refractivity contribution in [3.63, 3.8) is 0 Å².